The fourth-order valence-electron chi connectivity index (χ4n) is 1.48. The van der Waals surface area contributed by atoms with Crippen LogP contribution in [0.1, 0.15) is 6.92 Å². The Labute approximate surface area is 108 Å². The van der Waals surface area contributed by atoms with Gasteiger partial charge in [-0.05, 0) is 19.1 Å². The Morgan fingerprint density at radius 3 is 3.00 bits per heavy atom. The third-order valence-electron chi connectivity index (χ3n) is 2.31. The van der Waals surface area contributed by atoms with Crippen LogP contribution in [0.4, 0.5) is 0 Å². The molecule has 1 aromatic heterocycles. The molecule has 0 radical (unpaired) electrons. The van der Waals surface area contributed by atoms with Crippen molar-refractivity contribution in [3.63, 3.8) is 0 Å². The lowest BCUT2D eigenvalue weighted by atomic mass is 10.3. The van der Waals surface area contributed by atoms with Crippen molar-refractivity contribution in [1.82, 2.24) is 4.57 Å². The van der Waals surface area contributed by atoms with E-state index in [0.717, 1.165) is 21.2 Å². The van der Waals surface area contributed by atoms with Crippen LogP contribution in [-0.2, 0) is 16.6 Å². The van der Waals surface area contributed by atoms with Gasteiger partial charge in [0.05, 0.1) is 16.8 Å². The van der Waals surface area contributed by atoms with Crippen LogP contribution in [0.15, 0.2) is 34.5 Å². The Hall–Kier alpha value is -1.95. The Kier molecular flexibility index (Phi) is 3.88. The van der Waals surface area contributed by atoms with Gasteiger partial charge in [-0.25, -0.2) is 4.79 Å². The van der Waals surface area contributed by atoms with Crippen LogP contribution >= 0.6 is 11.3 Å². The van der Waals surface area contributed by atoms with E-state index < -0.39 is 5.97 Å². The number of ether oxygens (including phenoxy) is 1. The van der Waals surface area contributed by atoms with Gasteiger partial charge >= 0.3 is 5.97 Å². The molecule has 0 saturated carbocycles. The first kappa shape index (κ1) is 12.5. The summed E-state index contributed by atoms with van der Waals surface area (Å²) < 4.78 is 7.78. The summed E-state index contributed by atoms with van der Waals surface area (Å²) >= 11 is 1.52. The standard InChI is InChI=1S/C12H13N3O2S/c1-3-17-11(16)8-13-14-12-15(2)9-6-4-5-7-10(9)18-12/h4-8H,3H2,1-2H3/b13-8+,14-12+. The first-order chi connectivity index (χ1) is 8.72. The van der Waals surface area contributed by atoms with Crippen LogP contribution in [0, 0.1) is 0 Å². The second-order valence-corrected chi connectivity index (χ2v) is 4.52. The minimum atomic E-state index is -0.481. The summed E-state index contributed by atoms with van der Waals surface area (Å²) in [6.45, 7) is 2.08. The number of aryl methyl sites for hydroxylation is 1. The molecule has 1 heterocycles. The maximum atomic E-state index is 11.1. The zero-order chi connectivity index (χ0) is 13.0. The molecular formula is C12H13N3O2S. The van der Waals surface area contributed by atoms with Gasteiger partial charge in [0, 0.05) is 7.05 Å². The topological polar surface area (TPSA) is 55.9 Å². The molecule has 6 heteroatoms. The van der Waals surface area contributed by atoms with E-state index in [1.54, 1.807) is 6.92 Å². The Balaban J connectivity index is 2.31. The van der Waals surface area contributed by atoms with Crippen LogP contribution in [0.25, 0.3) is 10.2 Å². The Morgan fingerprint density at radius 2 is 2.28 bits per heavy atom. The second kappa shape index (κ2) is 5.59. The predicted octanol–water partition coefficient (Wildman–Crippen LogP) is 1.69. The van der Waals surface area contributed by atoms with Gasteiger partial charge in [-0.1, -0.05) is 23.5 Å². The number of nitrogens with zero attached hydrogens (tertiary/aromatic N) is 3. The highest BCUT2D eigenvalue weighted by Gasteiger charge is 2.00. The molecule has 0 aliphatic carbocycles. The highest BCUT2D eigenvalue weighted by Crippen LogP contribution is 2.14. The number of hydrogen-bond acceptors (Lipinski definition) is 5. The molecule has 0 saturated heterocycles. The van der Waals surface area contributed by atoms with Gasteiger partial charge in [0.15, 0.2) is 0 Å². The van der Waals surface area contributed by atoms with E-state index in [0.29, 0.717) is 6.61 Å². The lowest BCUT2D eigenvalue weighted by Crippen LogP contribution is -2.10. The van der Waals surface area contributed by atoms with Gasteiger partial charge < -0.3 is 9.30 Å². The van der Waals surface area contributed by atoms with E-state index in [-0.39, 0.29) is 0 Å². The molecule has 0 aliphatic rings. The molecule has 1 aromatic carbocycles. The van der Waals surface area contributed by atoms with Crippen molar-refractivity contribution in [2.75, 3.05) is 6.61 Å². The third-order valence-corrected chi connectivity index (χ3v) is 3.41. The number of hydrogen-bond donors (Lipinski definition) is 0. The minimum absolute atomic E-state index is 0.335. The first-order valence-corrected chi connectivity index (χ1v) is 6.32. The normalized spacial score (nSPS) is 12.4. The number of fused-ring (bicyclic) bond motifs is 1. The maximum absolute atomic E-state index is 11.1. The van der Waals surface area contributed by atoms with Crippen LogP contribution in [-0.4, -0.2) is 23.4 Å². The fraction of sp³-hybridized carbons (Fsp3) is 0.250. The molecule has 0 amide bonds. The number of benzene rings is 1. The van der Waals surface area contributed by atoms with Crippen LogP contribution < -0.4 is 4.80 Å². The summed E-state index contributed by atoms with van der Waals surface area (Å²) in [5.41, 5.74) is 1.09. The number of thiazole rings is 1. The lowest BCUT2D eigenvalue weighted by molar-refractivity contribution is -0.134. The van der Waals surface area contributed by atoms with Crippen molar-refractivity contribution in [3.8, 4) is 0 Å². The number of carbonyl (C=O) groups excluding carboxylic acids is 1. The van der Waals surface area contributed by atoms with Gasteiger partial charge in [-0.15, -0.1) is 10.2 Å². The van der Waals surface area contributed by atoms with E-state index in [4.69, 9.17) is 4.74 Å². The zero-order valence-corrected chi connectivity index (χ0v) is 11.0. The monoisotopic (exact) mass is 263 g/mol. The van der Waals surface area contributed by atoms with Gasteiger partial charge in [-0.2, -0.15) is 0 Å². The molecule has 0 bridgehead atoms. The first-order valence-electron chi connectivity index (χ1n) is 5.50. The summed E-state index contributed by atoms with van der Waals surface area (Å²) in [6, 6.07) is 7.99. The summed E-state index contributed by atoms with van der Waals surface area (Å²) in [5, 5.41) is 7.75. The van der Waals surface area contributed by atoms with E-state index in [9.17, 15) is 4.79 Å². The molecule has 0 N–H and O–H groups in total. The summed E-state index contributed by atoms with van der Waals surface area (Å²) in [5.74, 6) is -0.481. The molecule has 18 heavy (non-hydrogen) atoms. The molecule has 0 atom stereocenters. The minimum Gasteiger partial charge on any atom is -0.462 e. The van der Waals surface area contributed by atoms with Crippen molar-refractivity contribution < 1.29 is 9.53 Å². The molecule has 0 spiro atoms. The number of rotatable bonds is 3. The van der Waals surface area contributed by atoms with Gasteiger partial charge in [0.1, 0.15) is 6.21 Å². The van der Waals surface area contributed by atoms with E-state index in [2.05, 4.69) is 10.2 Å². The van der Waals surface area contributed by atoms with Crippen molar-refractivity contribution in [2.45, 2.75) is 6.92 Å². The second-order valence-electron chi connectivity index (χ2n) is 3.51. The molecule has 5 nitrogen and oxygen atoms in total. The predicted molar refractivity (Wildman–Crippen MR) is 71.5 cm³/mol. The number of para-hydroxylation sites is 1. The van der Waals surface area contributed by atoms with Crippen LogP contribution in [0.5, 0.6) is 0 Å². The molecule has 0 fully saturated rings. The molecule has 94 valence electrons. The van der Waals surface area contributed by atoms with Gasteiger partial charge in [-0.3, -0.25) is 0 Å². The average molecular weight is 263 g/mol. The number of aromatic nitrogens is 1. The highest BCUT2D eigenvalue weighted by atomic mass is 32.1. The summed E-state index contributed by atoms with van der Waals surface area (Å²) in [4.78, 5) is 11.8. The fourth-order valence-corrected chi connectivity index (χ4v) is 2.46. The molecular weight excluding hydrogens is 250 g/mol. The smallest absolute Gasteiger partial charge is 0.351 e. The van der Waals surface area contributed by atoms with E-state index in [1.807, 2.05) is 35.9 Å². The van der Waals surface area contributed by atoms with Crippen molar-refractivity contribution in [2.24, 2.45) is 17.3 Å². The summed E-state index contributed by atoms with van der Waals surface area (Å²) in [6.07, 6.45) is 1.08. The van der Waals surface area contributed by atoms with Crippen LogP contribution in [0.2, 0.25) is 0 Å². The average Bonchev–Trinajstić information content (AvgIpc) is 2.68. The van der Waals surface area contributed by atoms with Crippen LogP contribution in [0.3, 0.4) is 0 Å². The SMILES string of the molecule is CCOC(=O)/C=N/N=c1/sc2ccccc2n1C. The third kappa shape index (κ3) is 2.65. The highest BCUT2D eigenvalue weighted by molar-refractivity contribution is 7.16. The molecule has 0 aliphatic heterocycles. The van der Waals surface area contributed by atoms with Gasteiger partial charge in [0.2, 0.25) is 4.80 Å². The Bertz CT molecular complexity index is 655. The van der Waals surface area contributed by atoms with Gasteiger partial charge in [0.25, 0.3) is 0 Å². The quantitative estimate of drug-likeness (QED) is 0.480. The Morgan fingerprint density at radius 1 is 1.50 bits per heavy atom. The molecule has 0 unspecified atom stereocenters. The largest absolute Gasteiger partial charge is 0.462 e. The van der Waals surface area contributed by atoms with E-state index >= 15 is 0 Å². The lowest BCUT2D eigenvalue weighted by Gasteiger charge is -1.93. The van der Waals surface area contributed by atoms with E-state index in [1.165, 1.54) is 11.3 Å². The molecule has 2 rings (SSSR count). The number of carbonyl (C=O) groups is 1. The summed E-state index contributed by atoms with van der Waals surface area (Å²) in [7, 11) is 1.91. The zero-order valence-electron chi connectivity index (χ0n) is 10.2. The number of esters is 1. The van der Waals surface area contributed by atoms with Crippen molar-refractivity contribution in [3.05, 3.63) is 29.1 Å². The van der Waals surface area contributed by atoms with Crippen molar-refractivity contribution >= 4 is 33.7 Å². The molecule has 2 aromatic rings. The van der Waals surface area contributed by atoms with Crippen molar-refractivity contribution in [1.29, 1.82) is 0 Å². The maximum Gasteiger partial charge on any atom is 0.351 e.